The Kier molecular flexibility index (Phi) is 3.81. The van der Waals surface area contributed by atoms with Gasteiger partial charge in [-0.1, -0.05) is 5.16 Å². The molecule has 7 heteroatoms. The summed E-state index contributed by atoms with van der Waals surface area (Å²) in [6.07, 6.45) is 1.63. The van der Waals surface area contributed by atoms with Crippen LogP contribution < -0.4 is 5.73 Å². The molecule has 0 aromatic carbocycles. The van der Waals surface area contributed by atoms with E-state index in [9.17, 15) is 0 Å². The van der Waals surface area contributed by atoms with Gasteiger partial charge in [0.25, 0.3) is 5.89 Å². The van der Waals surface area contributed by atoms with Gasteiger partial charge in [0.1, 0.15) is 0 Å². The zero-order valence-electron chi connectivity index (χ0n) is 11.4. The number of nitrogens with zero attached hydrogens (tertiary/aromatic N) is 3. The zero-order chi connectivity index (χ0) is 13.9. The second kappa shape index (κ2) is 5.74. The lowest BCUT2D eigenvalue weighted by atomic mass is 10.1. The molecule has 2 atom stereocenters. The summed E-state index contributed by atoms with van der Waals surface area (Å²) >= 11 is 0. The molecular formula is C13H18N4O3. The Morgan fingerprint density at radius 1 is 1.55 bits per heavy atom. The standard InChI is InChI=1S/C13H18N4O3/c1-9(14)11-7-17(4-6-19-11)8-12-15-13(20-16-12)10-3-2-5-18-10/h2-3,5,9,11H,4,6-8,14H2,1H3. The fourth-order valence-corrected chi connectivity index (χ4v) is 2.21. The van der Waals surface area contributed by atoms with Gasteiger partial charge in [-0.2, -0.15) is 4.98 Å². The molecule has 1 fully saturated rings. The van der Waals surface area contributed by atoms with Crippen LogP contribution in [0, 0.1) is 0 Å². The molecule has 7 nitrogen and oxygen atoms in total. The summed E-state index contributed by atoms with van der Waals surface area (Å²) in [4.78, 5) is 6.55. The van der Waals surface area contributed by atoms with E-state index in [0.717, 1.165) is 13.1 Å². The van der Waals surface area contributed by atoms with E-state index in [2.05, 4.69) is 15.0 Å². The van der Waals surface area contributed by atoms with E-state index in [-0.39, 0.29) is 12.1 Å². The lowest BCUT2D eigenvalue weighted by Crippen LogP contribution is -2.49. The van der Waals surface area contributed by atoms with Gasteiger partial charge in [0.2, 0.25) is 0 Å². The highest BCUT2D eigenvalue weighted by Gasteiger charge is 2.24. The molecule has 3 rings (SSSR count). The van der Waals surface area contributed by atoms with Crippen LogP contribution in [0.4, 0.5) is 0 Å². The average Bonchev–Trinajstić information content (AvgIpc) is 3.09. The van der Waals surface area contributed by atoms with Gasteiger partial charge >= 0.3 is 0 Å². The Hall–Kier alpha value is -1.70. The second-order valence-electron chi connectivity index (χ2n) is 5.00. The Bertz CT molecular complexity index is 538. The van der Waals surface area contributed by atoms with Gasteiger partial charge < -0.3 is 19.4 Å². The van der Waals surface area contributed by atoms with Crippen LogP contribution in [0.3, 0.4) is 0 Å². The smallest absolute Gasteiger partial charge is 0.293 e. The van der Waals surface area contributed by atoms with Gasteiger partial charge in [0.05, 0.1) is 25.5 Å². The van der Waals surface area contributed by atoms with E-state index in [0.29, 0.717) is 30.6 Å². The summed E-state index contributed by atoms with van der Waals surface area (Å²) < 4.78 is 16.0. The van der Waals surface area contributed by atoms with Crippen LogP contribution in [0.2, 0.25) is 0 Å². The quantitative estimate of drug-likeness (QED) is 0.887. The van der Waals surface area contributed by atoms with Gasteiger partial charge in [-0.15, -0.1) is 0 Å². The SMILES string of the molecule is CC(N)C1CN(Cc2noc(-c3ccco3)n2)CCO1. The number of hydrogen-bond donors (Lipinski definition) is 1. The fraction of sp³-hybridized carbons (Fsp3) is 0.538. The molecule has 0 aliphatic carbocycles. The Labute approximate surface area is 116 Å². The molecule has 2 N–H and O–H groups in total. The first-order valence-corrected chi connectivity index (χ1v) is 6.68. The topological polar surface area (TPSA) is 90.6 Å². The number of furan rings is 1. The average molecular weight is 278 g/mol. The van der Waals surface area contributed by atoms with E-state index >= 15 is 0 Å². The van der Waals surface area contributed by atoms with Crippen molar-refractivity contribution in [3.05, 3.63) is 24.2 Å². The predicted molar refractivity (Wildman–Crippen MR) is 70.7 cm³/mol. The molecule has 1 aliphatic heterocycles. The number of aromatic nitrogens is 2. The van der Waals surface area contributed by atoms with Gasteiger partial charge in [-0.05, 0) is 19.1 Å². The summed E-state index contributed by atoms with van der Waals surface area (Å²) in [7, 11) is 0. The molecule has 20 heavy (non-hydrogen) atoms. The number of nitrogens with two attached hydrogens (primary N) is 1. The van der Waals surface area contributed by atoms with Crippen molar-refractivity contribution in [2.75, 3.05) is 19.7 Å². The molecule has 0 bridgehead atoms. The highest BCUT2D eigenvalue weighted by Crippen LogP contribution is 2.18. The van der Waals surface area contributed by atoms with Crippen molar-refractivity contribution in [3.8, 4) is 11.7 Å². The molecule has 1 aliphatic rings. The van der Waals surface area contributed by atoms with E-state index in [1.54, 1.807) is 18.4 Å². The highest BCUT2D eigenvalue weighted by molar-refractivity contribution is 5.42. The van der Waals surface area contributed by atoms with E-state index in [4.69, 9.17) is 19.4 Å². The van der Waals surface area contributed by atoms with Crippen molar-refractivity contribution in [2.24, 2.45) is 5.73 Å². The normalized spacial score (nSPS) is 22.0. The van der Waals surface area contributed by atoms with Gasteiger partial charge in [-0.3, -0.25) is 4.90 Å². The van der Waals surface area contributed by atoms with Gasteiger partial charge in [-0.25, -0.2) is 0 Å². The third-order valence-corrected chi connectivity index (χ3v) is 3.33. The lowest BCUT2D eigenvalue weighted by molar-refractivity contribution is -0.0411. The first kappa shape index (κ1) is 13.3. The molecule has 1 saturated heterocycles. The minimum atomic E-state index is 0.0155. The van der Waals surface area contributed by atoms with Crippen molar-refractivity contribution >= 4 is 0 Å². The highest BCUT2D eigenvalue weighted by atomic mass is 16.5. The molecule has 0 saturated carbocycles. The lowest BCUT2D eigenvalue weighted by Gasteiger charge is -2.33. The largest absolute Gasteiger partial charge is 0.459 e. The zero-order valence-corrected chi connectivity index (χ0v) is 11.4. The van der Waals surface area contributed by atoms with Crippen LogP contribution in [0.15, 0.2) is 27.3 Å². The van der Waals surface area contributed by atoms with E-state index in [1.165, 1.54) is 0 Å². The number of morpholine rings is 1. The van der Waals surface area contributed by atoms with Gasteiger partial charge in [0.15, 0.2) is 11.6 Å². The Morgan fingerprint density at radius 3 is 3.20 bits per heavy atom. The second-order valence-corrected chi connectivity index (χ2v) is 5.00. The van der Waals surface area contributed by atoms with Crippen LogP contribution in [-0.2, 0) is 11.3 Å². The Balaban J connectivity index is 1.63. The first-order chi connectivity index (χ1) is 9.72. The Morgan fingerprint density at radius 2 is 2.45 bits per heavy atom. The minimum Gasteiger partial charge on any atom is -0.459 e. The summed E-state index contributed by atoms with van der Waals surface area (Å²) in [5, 5.41) is 3.98. The summed E-state index contributed by atoms with van der Waals surface area (Å²) in [5.41, 5.74) is 5.88. The fourth-order valence-electron chi connectivity index (χ4n) is 2.21. The van der Waals surface area contributed by atoms with Crippen LogP contribution in [0.1, 0.15) is 12.7 Å². The van der Waals surface area contributed by atoms with Crippen molar-refractivity contribution in [3.63, 3.8) is 0 Å². The summed E-state index contributed by atoms with van der Waals surface area (Å²) in [6.45, 7) is 4.87. The minimum absolute atomic E-state index is 0.0155. The molecule has 2 aromatic heterocycles. The molecule has 0 amide bonds. The molecular weight excluding hydrogens is 260 g/mol. The summed E-state index contributed by atoms with van der Waals surface area (Å²) in [5.74, 6) is 1.63. The monoisotopic (exact) mass is 278 g/mol. The van der Waals surface area contributed by atoms with E-state index in [1.807, 2.05) is 6.92 Å². The van der Waals surface area contributed by atoms with Crippen molar-refractivity contribution in [1.82, 2.24) is 15.0 Å². The number of rotatable bonds is 4. The third-order valence-electron chi connectivity index (χ3n) is 3.33. The van der Waals surface area contributed by atoms with Crippen molar-refractivity contribution in [2.45, 2.75) is 25.6 Å². The molecule has 108 valence electrons. The van der Waals surface area contributed by atoms with Crippen LogP contribution in [0.5, 0.6) is 0 Å². The van der Waals surface area contributed by atoms with Crippen molar-refractivity contribution in [1.29, 1.82) is 0 Å². The van der Waals surface area contributed by atoms with Crippen LogP contribution >= 0.6 is 0 Å². The molecule has 2 unspecified atom stereocenters. The van der Waals surface area contributed by atoms with E-state index < -0.39 is 0 Å². The third kappa shape index (κ3) is 2.90. The number of hydrogen-bond acceptors (Lipinski definition) is 7. The first-order valence-electron chi connectivity index (χ1n) is 6.68. The summed E-state index contributed by atoms with van der Waals surface area (Å²) in [6, 6.07) is 3.59. The van der Waals surface area contributed by atoms with Crippen molar-refractivity contribution < 1.29 is 13.7 Å². The predicted octanol–water partition coefficient (Wildman–Crippen LogP) is 0.878. The number of ether oxygens (including phenoxy) is 1. The molecule has 2 aromatic rings. The van der Waals surface area contributed by atoms with Gasteiger partial charge in [0, 0.05) is 19.1 Å². The molecule has 3 heterocycles. The molecule has 0 radical (unpaired) electrons. The maximum Gasteiger partial charge on any atom is 0.293 e. The maximum atomic E-state index is 5.88. The molecule has 0 spiro atoms. The van der Waals surface area contributed by atoms with Crippen LogP contribution in [0.25, 0.3) is 11.7 Å². The van der Waals surface area contributed by atoms with Crippen LogP contribution in [-0.4, -0.2) is 46.9 Å². The maximum absolute atomic E-state index is 5.88.